The van der Waals surface area contributed by atoms with Crippen LogP contribution in [0.5, 0.6) is 0 Å². The lowest BCUT2D eigenvalue weighted by atomic mass is 10.1. The maximum atomic E-state index is 11.9. The van der Waals surface area contributed by atoms with Gasteiger partial charge >= 0.3 is 11.8 Å². The Kier molecular flexibility index (Phi) is 5.02. The highest BCUT2D eigenvalue weighted by Gasteiger charge is 2.28. The molecule has 2 rings (SSSR count). The van der Waals surface area contributed by atoms with E-state index in [1.54, 1.807) is 26.8 Å². The second kappa shape index (κ2) is 6.80. The van der Waals surface area contributed by atoms with Crippen LogP contribution in [0.25, 0.3) is 0 Å². The van der Waals surface area contributed by atoms with Crippen molar-refractivity contribution in [3.8, 4) is 0 Å². The van der Waals surface area contributed by atoms with E-state index in [4.69, 9.17) is 4.74 Å². The van der Waals surface area contributed by atoms with Crippen LogP contribution in [0, 0.1) is 10.1 Å². The Bertz CT molecular complexity index is 585. The van der Waals surface area contributed by atoms with Gasteiger partial charge in [-0.2, -0.15) is 0 Å². The summed E-state index contributed by atoms with van der Waals surface area (Å²) < 4.78 is 5.25. The maximum absolute atomic E-state index is 11.9. The smallest absolute Gasteiger partial charge is 0.407 e. The minimum atomic E-state index is -0.557. The first kappa shape index (κ1) is 17.0. The lowest BCUT2D eigenvalue weighted by Crippen LogP contribution is -2.49. The second-order valence-electron chi connectivity index (χ2n) is 6.53. The fourth-order valence-corrected chi connectivity index (χ4v) is 2.54. The molecule has 2 heterocycles. The van der Waals surface area contributed by atoms with Gasteiger partial charge in [0, 0.05) is 31.4 Å². The average molecular weight is 322 g/mol. The first-order valence-corrected chi connectivity index (χ1v) is 7.60. The molecule has 1 fully saturated rings. The topological polar surface area (TPSA) is 97.6 Å². The van der Waals surface area contributed by atoms with Crippen LogP contribution in [0.2, 0.25) is 0 Å². The highest BCUT2D eigenvalue weighted by molar-refractivity contribution is 5.68. The molecular weight excluding hydrogens is 300 g/mol. The zero-order chi connectivity index (χ0) is 17.0. The van der Waals surface area contributed by atoms with E-state index < -0.39 is 16.6 Å². The molecule has 23 heavy (non-hydrogen) atoms. The summed E-state index contributed by atoms with van der Waals surface area (Å²) >= 11 is 0. The number of hydrogen-bond acceptors (Lipinski definition) is 6. The molecule has 0 bridgehead atoms. The van der Waals surface area contributed by atoms with Crippen molar-refractivity contribution in [2.45, 2.75) is 45.3 Å². The van der Waals surface area contributed by atoms with Gasteiger partial charge in [-0.3, -0.25) is 10.1 Å². The van der Waals surface area contributed by atoms with E-state index in [1.165, 1.54) is 12.3 Å². The predicted molar refractivity (Wildman–Crippen MR) is 85.5 cm³/mol. The number of carbonyl (C=O) groups is 1. The van der Waals surface area contributed by atoms with Gasteiger partial charge in [0.1, 0.15) is 5.60 Å². The third-order valence-electron chi connectivity index (χ3n) is 3.40. The summed E-state index contributed by atoms with van der Waals surface area (Å²) in [5.74, 6) is 0.341. The summed E-state index contributed by atoms with van der Waals surface area (Å²) in [7, 11) is 0. The summed E-state index contributed by atoms with van der Waals surface area (Å²) in [6, 6.07) is 2.86. The second-order valence-corrected chi connectivity index (χ2v) is 6.53. The zero-order valence-electron chi connectivity index (χ0n) is 13.6. The van der Waals surface area contributed by atoms with Gasteiger partial charge < -0.3 is 15.0 Å². The van der Waals surface area contributed by atoms with Crippen molar-refractivity contribution < 1.29 is 14.5 Å². The van der Waals surface area contributed by atoms with Crippen LogP contribution in [-0.2, 0) is 4.74 Å². The Labute approximate surface area is 135 Å². The van der Waals surface area contributed by atoms with Crippen molar-refractivity contribution in [1.82, 2.24) is 10.3 Å². The number of nitrogens with zero attached hydrogens (tertiary/aromatic N) is 3. The molecule has 0 saturated carbocycles. The third-order valence-corrected chi connectivity index (χ3v) is 3.40. The summed E-state index contributed by atoms with van der Waals surface area (Å²) in [5.41, 5.74) is -0.580. The molecule has 1 aliphatic rings. The molecule has 1 aromatic heterocycles. The van der Waals surface area contributed by atoms with E-state index >= 15 is 0 Å². The summed E-state index contributed by atoms with van der Waals surface area (Å²) in [6.45, 7) is 6.55. The Hall–Kier alpha value is -2.38. The normalized spacial score (nSPS) is 18.4. The van der Waals surface area contributed by atoms with Gasteiger partial charge in [0.05, 0.1) is 4.92 Å². The van der Waals surface area contributed by atoms with Gasteiger partial charge in [0.2, 0.25) is 5.82 Å². The number of carbonyl (C=O) groups excluding carboxylic acids is 1. The summed E-state index contributed by atoms with van der Waals surface area (Å²) in [4.78, 5) is 28.5. The van der Waals surface area contributed by atoms with Crippen LogP contribution in [-0.4, -0.2) is 40.7 Å². The number of piperidine rings is 1. The monoisotopic (exact) mass is 322 g/mol. The fraction of sp³-hybridized carbons (Fsp3) is 0.600. The van der Waals surface area contributed by atoms with Crippen molar-refractivity contribution in [2.75, 3.05) is 18.0 Å². The number of anilines is 1. The molecule has 1 atom stereocenters. The molecule has 1 aliphatic heterocycles. The largest absolute Gasteiger partial charge is 0.444 e. The Balaban J connectivity index is 2.04. The van der Waals surface area contributed by atoms with Crippen LogP contribution >= 0.6 is 0 Å². The number of rotatable bonds is 3. The number of alkyl carbamates (subject to hydrolysis) is 1. The predicted octanol–water partition coefficient (Wildman–Crippen LogP) is 2.48. The van der Waals surface area contributed by atoms with Crippen molar-refractivity contribution in [1.29, 1.82) is 0 Å². The van der Waals surface area contributed by atoms with Gasteiger partial charge in [-0.15, -0.1) is 0 Å². The molecule has 8 nitrogen and oxygen atoms in total. The van der Waals surface area contributed by atoms with Crippen LogP contribution in [0.3, 0.4) is 0 Å². The average Bonchev–Trinajstić information content (AvgIpc) is 2.45. The number of amides is 1. The number of pyridine rings is 1. The van der Waals surface area contributed by atoms with E-state index in [-0.39, 0.29) is 11.7 Å². The Morgan fingerprint density at radius 2 is 2.26 bits per heavy atom. The quantitative estimate of drug-likeness (QED) is 0.678. The first-order chi connectivity index (χ1) is 10.8. The number of nitrogens with one attached hydrogen (secondary N) is 1. The van der Waals surface area contributed by atoms with Crippen molar-refractivity contribution in [3.63, 3.8) is 0 Å². The molecule has 1 unspecified atom stereocenters. The molecule has 0 radical (unpaired) electrons. The Morgan fingerprint density at radius 1 is 1.52 bits per heavy atom. The molecule has 126 valence electrons. The van der Waals surface area contributed by atoms with E-state index in [1.807, 2.05) is 4.90 Å². The van der Waals surface area contributed by atoms with E-state index in [0.717, 1.165) is 12.8 Å². The minimum Gasteiger partial charge on any atom is -0.444 e. The highest BCUT2D eigenvalue weighted by Crippen LogP contribution is 2.27. The molecule has 8 heteroatoms. The van der Waals surface area contributed by atoms with E-state index in [9.17, 15) is 14.9 Å². The standard InChI is InChI=1S/C15H22N4O4/c1-15(2,3)23-14(20)17-11-6-5-9-18(10-11)13-12(19(21)22)7-4-8-16-13/h4,7-8,11H,5-6,9-10H2,1-3H3,(H,17,20). The maximum Gasteiger partial charge on any atom is 0.407 e. The molecule has 0 aromatic carbocycles. The van der Waals surface area contributed by atoms with Gasteiger partial charge in [-0.05, 0) is 39.7 Å². The SMILES string of the molecule is CC(C)(C)OC(=O)NC1CCCN(c2ncccc2[N+](=O)[O-])C1. The lowest BCUT2D eigenvalue weighted by molar-refractivity contribution is -0.384. The molecular formula is C15H22N4O4. The van der Waals surface area contributed by atoms with Crippen molar-refractivity contribution in [3.05, 3.63) is 28.4 Å². The van der Waals surface area contributed by atoms with Gasteiger partial charge in [0.25, 0.3) is 0 Å². The molecule has 0 spiro atoms. The van der Waals surface area contributed by atoms with E-state index in [0.29, 0.717) is 18.9 Å². The fourth-order valence-electron chi connectivity index (χ4n) is 2.54. The molecule has 1 aromatic rings. The van der Waals surface area contributed by atoms with Gasteiger partial charge in [-0.25, -0.2) is 9.78 Å². The summed E-state index contributed by atoms with van der Waals surface area (Å²) in [5, 5.41) is 14.0. The third kappa shape index (κ3) is 4.80. The minimum absolute atomic E-state index is 0.0228. The van der Waals surface area contributed by atoms with Crippen molar-refractivity contribution >= 4 is 17.6 Å². The molecule has 0 aliphatic carbocycles. The highest BCUT2D eigenvalue weighted by atomic mass is 16.6. The first-order valence-electron chi connectivity index (χ1n) is 7.60. The van der Waals surface area contributed by atoms with Gasteiger partial charge in [-0.1, -0.05) is 0 Å². The van der Waals surface area contributed by atoms with Crippen LogP contribution < -0.4 is 10.2 Å². The number of hydrogen-bond donors (Lipinski definition) is 1. The molecule has 1 saturated heterocycles. The molecule has 1 amide bonds. The lowest BCUT2D eigenvalue weighted by Gasteiger charge is -2.33. The number of ether oxygens (including phenoxy) is 1. The summed E-state index contributed by atoms with van der Waals surface area (Å²) in [6.07, 6.45) is 2.68. The zero-order valence-corrected chi connectivity index (χ0v) is 13.6. The molecule has 1 N–H and O–H groups in total. The Morgan fingerprint density at radius 3 is 2.91 bits per heavy atom. The van der Waals surface area contributed by atoms with Crippen LogP contribution in [0.4, 0.5) is 16.3 Å². The van der Waals surface area contributed by atoms with Crippen LogP contribution in [0.15, 0.2) is 18.3 Å². The number of aromatic nitrogens is 1. The van der Waals surface area contributed by atoms with Crippen LogP contribution in [0.1, 0.15) is 33.6 Å². The van der Waals surface area contributed by atoms with Crippen molar-refractivity contribution in [2.24, 2.45) is 0 Å². The van der Waals surface area contributed by atoms with Gasteiger partial charge in [0.15, 0.2) is 0 Å². The number of nitro groups is 1. The van der Waals surface area contributed by atoms with E-state index in [2.05, 4.69) is 10.3 Å².